The Balaban J connectivity index is 2.32. The summed E-state index contributed by atoms with van der Waals surface area (Å²) in [5, 5.41) is 7.76. The van der Waals surface area contributed by atoms with E-state index in [0.717, 1.165) is 6.54 Å². The molecule has 0 saturated heterocycles. The summed E-state index contributed by atoms with van der Waals surface area (Å²) in [4.78, 5) is 1.29. The third kappa shape index (κ3) is 2.76. The molecule has 0 aliphatic heterocycles. The van der Waals surface area contributed by atoms with Crippen LogP contribution in [0, 0.1) is 0 Å². The van der Waals surface area contributed by atoms with Crippen molar-refractivity contribution in [3.8, 4) is 0 Å². The Kier molecular flexibility index (Phi) is 4.44. The first kappa shape index (κ1) is 13.2. The highest BCUT2D eigenvalue weighted by molar-refractivity contribution is 7.98. The molecule has 96 valence electrons. The van der Waals surface area contributed by atoms with Gasteiger partial charge in [-0.3, -0.25) is 4.68 Å². The van der Waals surface area contributed by atoms with Gasteiger partial charge in [0, 0.05) is 18.1 Å². The minimum absolute atomic E-state index is 0.207. The van der Waals surface area contributed by atoms with Gasteiger partial charge >= 0.3 is 0 Å². The fourth-order valence-electron chi connectivity index (χ4n) is 2.06. The second kappa shape index (κ2) is 6.07. The standard InChI is InChI=1S/C14H19N3S/c1-4-15-14(13-9-10-16-17(13)2)11-5-7-12(18-3)8-6-11/h5-10,14-15H,4H2,1-3H3. The number of benzene rings is 1. The molecular weight excluding hydrogens is 242 g/mol. The number of hydrogen-bond acceptors (Lipinski definition) is 3. The van der Waals surface area contributed by atoms with Crippen molar-refractivity contribution >= 4 is 11.8 Å². The van der Waals surface area contributed by atoms with Crippen molar-refractivity contribution in [3.05, 3.63) is 47.8 Å². The molecular formula is C14H19N3S. The number of nitrogens with zero attached hydrogens (tertiary/aromatic N) is 2. The van der Waals surface area contributed by atoms with Crippen LogP contribution in [-0.2, 0) is 7.05 Å². The van der Waals surface area contributed by atoms with E-state index < -0.39 is 0 Å². The van der Waals surface area contributed by atoms with E-state index in [1.54, 1.807) is 11.8 Å². The van der Waals surface area contributed by atoms with E-state index in [2.05, 4.69) is 53.9 Å². The maximum absolute atomic E-state index is 4.25. The Morgan fingerprint density at radius 1 is 1.28 bits per heavy atom. The lowest BCUT2D eigenvalue weighted by Crippen LogP contribution is -2.24. The second-order valence-electron chi connectivity index (χ2n) is 4.14. The molecule has 0 radical (unpaired) electrons. The zero-order valence-corrected chi connectivity index (χ0v) is 11.9. The molecule has 3 nitrogen and oxygen atoms in total. The predicted molar refractivity (Wildman–Crippen MR) is 77.0 cm³/mol. The van der Waals surface area contributed by atoms with E-state index in [1.807, 2.05) is 17.9 Å². The molecule has 1 heterocycles. The highest BCUT2D eigenvalue weighted by Crippen LogP contribution is 2.23. The molecule has 1 atom stereocenters. The fraction of sp³-hybridized carbons (Fsp3) is 0.357. The number of aromatic nitrogens is 2. The summed E-state index contributed by atoms with van der Waals surface area (Å²) in [6.07, 6.45) is 3.94. The summed E-state index contributed by atoms with van der Waals surface area (Å²) >= 11 is 1.77. The molecule has 4 heteroatoms. The van der Waals surface area contributed by atoms with Crippen molar-refractivity contribution in [2.24, 2.45) is 7.05 Å². The first-order chi connectivity index (χ1) is 8.76. The summed E-state index contributed by atoms with van der Waals surface area (Å²) in [6.45, 7) is 3.06. The van der Waals surface area contributed by atoms with Gasteiger partial charge in [-0.2, -0.15) is 5.10 Å². The SMILES string of the molecule is CCNC(c1ccc(SC)cc1)c1ccnn1C. The van der Waals surface area contributed by atoms with E-state index in [9.17, 15) is 0 Å². The zero-order chi connectivity index (χ0) is 13.0. The minimum atomic E-state index is 0.207. The van der Waals surface area contributed by atoms with Crippen molar-refractivity contribution < 1.29 is 0 Å². The van der Waals surface area contributed by atoms with E-state index in [-0.39, 0.29) is 6.04 Å². The fourth-order valence-corrected chi connectivity index (χ4v) is 2.47. The third-order valence-electron chi connectivity index (χ3n) is 3.01. The Bertz CT molecular complexity index is 490. The van der Waals surface area contributed by atoms with Gasteiger partial charge in [0.1, 0.15) is 0 Å². The second-order valence-corrected chi connectivity index (χ2v) is 5.02. The van der Waals surface area contributed by atoms with Crippen LogP contribution < -0.4 is 5.32 Å². The molecule has 2 rings (SSSR count). The first-order valence-corrected chi connectivity index (χ1v) is 7.34. The van der Waals surface area contributed by atoms with Crippen LogP contribution in [-0.4, -0.2) is 22.6 Å². The average molecular weight is 261 g/mol. The van der Waals surface area contributed by atoms with Gasteiger partial charge in [-0.15, -0.1) is 11.8 Å². The van der Waals surface area contributed by atoms with Crippen LogP contribution in [0.2, 0.25) is 0 Å². The molecule has 1 unspecified atom stereocenters. The van der Waals surface area contributed by atoms with Gasteiger partial charge in [-0.1, -0.05) is 19.1 Å². The molecule has 0 aliphatic rings. The van der Waals surface area contributed by atoms with E-state index >= 15 is 0 Å². The Morgan fingerprint density at radius 2 is 2.00 bits per heavy atom. The van der Waals surface area contributed by atoms with Crippen molar-refractivity contribution in [2.45, 2.75) is 17.9 Å². The van der Waals surface area contributed by atoms with E-state index in [4.69, 9.17) is 0 Å². The molecule has 0 aliphatic carbocycles. The van der Waals surface area contributed by atoms with Gasteiger partial charge in [-0.05, 0) is 36.6 Å². The molecule has 1 N–H and O–H groups in total. The van der Waals surface area contributed by atoms with Crippen LogP contribution in [0.5, 0.6) is 0 Å². The van der Waals surface area contributed by atoms with Crippen LogP contribution in [0.3, 0.4) is 0 Å². The largest absolute Gasteiger partial charge is 0.305 e. The number of aryl methyl sites for hydroxylation is 1. The van der Waals surface area contributed by atoms with Crippen LogP contribution >= 0.6 is 11.8 Å². The molecule has 1 aromatic heterocycles. The summed E-state index contributed by atoms with van der Waals surface area (Å²) in [6, 6.07) is 11.0. The molecule has 0 spiro atoms. The summed E-state index contributed by atoms with van der Waals surface area (Å²) < 4.78 is 1.93. The van der Waals surface area contributed by atoms with Crippen molar-refractivity contribution in [1.29, 1.82) is 0 Å². The lowest BCUT2D eigenvalue weighted by atomic mass is 10.0. The van der Waals surface area contributed by atoms with Crippen LogP contribution in [0.25, 0.3) is 0 Å². The van der Waals surface area contributed by atoms with E-state index in [1.165, 1.54) is 16.2 Å². The molecule has 0 fully saturated rings. The quantitative estimate of drug-likeness (QED) is 0.839. The van der Waals surface area contributed by atoms with Crippen LogP contribution in [0.15, 0.2) is 41.4 Å². The Hall–Kier alpha value is -1.26. The van der Waals surface area contributed by atoms with Gasteiger partial charge in [0.25, 0.3) is 0 Å². The van der Waals surface area contributed by atoms with Gasteiger partial charge in [0.15, 0.2) is 0 Å². The van der Waals surface area contributed by atoms with Gasteiger partial charge in [0.05, 0.1) is 11.7 Å². The predicted octanol–water partition coefficient (Wildman–Crippen LogP) is 2.84. The summed E-state index contributed by atoms with van der Waals surface area (Å²) in [7, 11) is 1.98. The molecule has 2 aromatic rings. The third-order valence-corrected chi connectivity index (χ3v) is 3.76. The Labute approximate surface area is 113 Å². The van der Waals surface area contributed by atoms with Crippen LogP contribution in [0.1, 0.15) is 24.2 Å². The molecule has 0 amide bonds. The highest BCUT2D eigenvalue weighted by atomic mass is 32.2. The van der Waals surface area contributed by atoms with Gasteiger partial charge < -0.3 is 5.32 Å². The highest BCUT2D eigenvalue weighted by Gasteiger charge is 2.15. The van der Waals surface area contributed by atoms with Crippen molar-refractivity contribution in [1.82, 2.24) is 15.1 Å². The average Bonchev–Trinajstić information content (AvgIpc) is 2.82. The number of hydrogen-bond donors (Lipinski definition) is 1. The monoisotopic (exact) mass is 261 g/mol. The number of rotatable bonds is 5. The summed E-state index contributed by atoms with van der Waals surface area (Å²) in [5.74, 6) is 0. The molecule has 0 saturated carbocycles. The summed E-state index contributed by atoms with van der Waals surface area (Å²) in [5.41, 5.74) is 2.46. The van der Waals surface area contributed by atoms with Crippen molar-refractivity contribution in [2.75, 3.05) is 12.8 Å². The number of nitrogens with one attached hydrogen (secondary N) is 1. The normalized spacial score (nSPS) is 12.6. The molecule has 18 heavy (non-hydrogen) atoms. The maximum atomic E-state index is 4.25. The minimum Gasteiger partial charge on any atom is -0.305 e. The molecule has 1 aromatic carbocycles. The maximum Gasteiger partial charge on any atom is 0.0748 e. The van der Waals surface area contributed by atoms with E-state index in [0.29, 0.717) is 0 Å². The lowest BCUT2D eigenvalue weighted by molar-refractivity contribution is 0.572. The van der Waals surface area contributed by atoms with Gasteiger partial charge in [-0.25, -0.2) is 0 Å². The Morgan fingerprint density at radius 3 is 2.50 bits per heavy atom. The van der Waals surface area contributed by atoms with Gasteiger partial charge in [0.2, 0.25) is 0 Å². The first-order valence-electron chi connectivity index (χ1n) is 6.11. The van der Waals surface area contributed by atoms with Crippen molar-refractivity contribution in [3.63, 3.8) is 0 Å². The lowest BCUT2D eigenvalue weighted by Gasteiger charge is -2.19. The topological polar surface area (TPSA) is 29.9 Å². The van der Waals surface area contributed by atoms with Crippen LogP contribution in [0.4, 0.5) is 0 Å². The zero-order valence-electron chi connectivity index (χ0n) is 11.1. The smallest absolute Gasteiger partial charge is 0.0748 e. The number of thioether (sulfide) groups is 1. The molecule has 0 bridgehead atoms.